The molecule has 3 rings (SSSR count). The second-order valence-electron chi connectivity index (χ2n) is 7.92. The summed E-state index contributed by atoms with van der Waals surface area (Å²) in [5, 5.41) is 0. The largest absolute Gasteiger partial charge is 0.460 e. The van der Waals surface area contributed by atoms with E-state index in [1.54, 1.807) is 13.0 Å². The standard InChI is InChI=1S/C20H30N2O4/c1-4-25-19(24)17-7-6-16(26-17)12-21-11-5-9-20(13-21)10-8-18(23)22(14-20)15(2)3/h6-7,15H,4-5,8-14H2,1-3H3/t20-/m1/s1. The smallest absolute Gasteiger partial charge is 0.374 e. The maximum Gasteiger partial charge on any atom is 0.374 e. The Morgan fingerprint density at radius 3 is 2.85 bits per heavy atom. The molecule has 0 unspecified atom stereocenters. The zero-order valence-electron chi connectivity index (χ0n) is 16.1. The van der Waals surface area contributed by atoms with Gasteiger partial charge < -0.3 is 14.1 Å². The van der Waals surface area contributed by atoms with Crippen molar-refractivity contribution < 1.29 is 18.7 Å². The molecule has 26 heavy (non-hydrogen) atoms. The van der Waals surface area contributed by atoms with E-state index in [2.05, 4.69) is 18.7 Å². The zero-order valence-corrected chi connectivity index (χ0v) is 16.1. The van der Waals surface area contributed by atoms with Crippen molar-refractivity contribution in [1.82, 2.24) is 9.80 Å². The predicted molar refractivity (Wildman–Crippen MR) is 97.7 cm³/mol. The Bertz CT molecular complexity index is 654. The molecule has 2 fully saturated rings. The van der Waals surface area contributed by atoms with Crippen molar-refractivity contribution >= 4 is 11.9 Å². The molecule has 0 bridgehead atoms. The van der Waals surface area contributed by atoms with Gasteiger partial charge in [-0.1, -0.05) is 0 Å². The number of hydrogen-bond donors (Lipinski definition) is 0. The maximum absolute atomic E-state index is 12.2. The molecule has 6 nitrogen and oxygen atoms in total. The van der Waals surface area contributed by atoms with Crippen LogP contribution >= 0.6 is 0 Å². The molecule has 0 N–H and O–H groups in total. The van der Waals surface area contributed by atoms with E-state index in [0.717, 1.165) is 38.2 Å². The molecule has 0 saturated carbocycles. The van der Waals surface area contributed by atoms with Crippen LogP contribution in [0.4, 0.5) is 0 Å². The van der Waals surface area contributed by atoms with Gasteiger partial charge in [0.15, 0.2) is 0 Å². The van der Waals surface area contributed by atoms with Gasteiger partial charge in [-0.25, -0.2) is 4.79 Å². The lowest BCUT2D eigenvalue weighted by atomic mass is 9.73. The summed E-state index contributed by atoms with van der Waals surface area (Å²) < 4.78 is 10.7. The molecule has 2 saturated heterocycles. The van der Waals surface area contributed by atoms with Crippen LogP contribution in [-0.2, 0) is 16.1 Å². The SMILES string of the molecule is CCOC(=O)c1ccc(CN2CCC[C@@]3(CCC(=O)N(C(C)C)C3)C2)o1. The third kappa shape index (κ3) is 4.11. The monoisotopic (exact) mass is 362 g/mol. The lowest BCUT2D eigenvalue weighted by Gasteiger charge is -2.49. The van der Waals surface area contributed by atoms with Crippen LogP contribution in [0.15, 0.2) is 16.5 Å². The summed E-state index contributed by atoms with van der Waals surface area (Å²) in [6.45, 7) is 9.85. The Balaban J connectivity index is 1.64. The van der Waals surface area contributed by atoms with Gasteiger partial charge in [-0.3, -0.25) is 9.69 Å². The van der Waals surface area contributed by atoms with Crippen LogP contribution in [-0.4, -0.2) is 54.0 Å². The average Bonchev–Trinajstić information content (AvgIpc) is 3.06. The lowest BCUT2D eigenvalue weighted by molar-refractivity contribution is -0.141. The molecule has 0 aliphatic carbocycles. The molecule has 1 aromatic heterocycles. The van der Waals surface area contributed by atoms with E-state index in [0.29, 0.717) is 19.6 Å². The van der Waals surface area contributed by atoms with Gasteiger partial charge >= 0.3 is 5.97 Å². The molecule has 1 atom stereocenters. The Morgan fingerprint density at radius 1 is 1.31 bits per heavy atom. The molecule has 1 aromatic rings. The van der Waals surface area contributed by atoms with Gasteiger partial charge in [0.2, 0.25) is 11.7 Å². The summed E-state index contributed by atoms with van der Waals surface area (Å²) >= 11 is 0. The molecule has 3 heterocycles. The highest BCUT2D eigenvalue weighted by Crippen LogP contribution is 2.39. The van der Waals surface area contributed by atoms with Gasteiger partial charge in [0.05, 0.1) is 13.2 Å². The number of esters is 1. The highest BCUT2D eigenvalue weighted by Gasteiger charge is 2.42. The zero-order chi connectivity index (χ0) is 18.7. The van der Waals surface area contributed by atoms with Crippen LogP contribution in [0.5, 0.6) is 0 Å². The van der Waals surface area contributed by atoms with Gasteiger partial charge in [0, 0.05) is 31.0 Å². The van der Waals surface area contributed by atoms with Crippen LogP contribution in [0.2, 0.25) is 0 Å². The van der Waals surface area contributed by atoms with Crippen molar-refractivity contribution in [1.29, 1.82) is 0 Å². The van der Waals surface area contributed by atoms with Crippen LogP contribution in [0, 0.1) is 5.41 Å². The fourth-order valence-corrected chi connectivity index (χ4v) is 4.29. The molecular weight excluding hydrogens is 332 g/mol. The number of amides is 1. The topological polar surface area (TPSA) is 63.0 Å². The summed E-state index contributed by atoms with van der Waals surface area (Å²) in [5.74, 6) is 0.931. The minimum Gasteiger partial charge on any atom is -0.460 e. The summed E-state index contributed by atoms with van der Waals surface area (Å²) in [6.07, 6.45) is 3.93. The molecule has 2 aliphatic heterocycles. The first kappa shape index (κ1) is 19.0. The highest BCUT2D eigenvalue weighted by molar-refractivity contribution is 5.86. The van der Waals surface area contributed by atoms with Gasteiger partial charge in [0.25, 0.3) is 0 Å². The Hall–Kier alpha value is -1.82. The number of hydrogen-bond acceptors (Lipinski definition) is 5. The fourth-order valence-electron chi connectivity index (χ4n) is 4.29. The number of ether oxygens (including phenoxy) is 1. The van der Waals surface area contributed by atoms with Crippen molar-refractivity contribution in [3.05, 3.63) is 23.7 Å². The van der Waals surface area contributed by atoms with Crippen LogP contribution < -0.4 is 0 Å². The number of rotatable bonds is 5. The molecule has 6 heteroatoms. The first-order chi connectivity index (χ1) is 12.4. The quantitative estimate of drug-likeness (QED) is 0.753. The van der Waals surface area contributed by atoms with E-state index in [-0.39, 0.29) is 23.1 Å². The van der Waals surface area contributed by atoms with Crippen LogP contribution in [0.3, 0.4) is 0 Å². The second kappa shape index (κ2) is 7.82. The molecule has 144 valence electrons. The number of furan rings is 1. The van der Waals surface area contributed by atoms with Crippen molar-refractivity contribution in [2.24, 2.45) is 5.41 Å². The minimum absolute atomic E-state index is 0.187. The highest BCUT2D eigenvalue weighted by atomic mass is 16.5. The van der Waals surface area contributed by atoms with Crippen molar-refractivity contribution in [2.45, 2.75) is 59.0 Å². The number of carbonyl (C=O) groups excluding carboxylic acids is 2. The summed E-state index contributed by atoms with van der Waals surface area (Å²) in [7, 11) is 0. The Kier molecular flexibility index (Phi) is 5.70. The van der Waals surface area contributed by atoms with Crippen LogP contribution in [0.25, 0.3) is 0 Å². The van der Waals surface area contributed by atoms with Gasteiger partial charge in [-0.2, -0.15) is 0 Å². The second-order valence-corrected chi connectivity index (χ2v) is 7.92. The van der Waals surface area contributed by atoms with Crippen molar-refractivity contribution in [3.8, 4) is 0 Å². The van der Waals surface area contributed by atoms with E-state index in [1.807, 2.05) is 11.0 Å². The van der Waals surface area contributed by atoms with E-state index < -0.39 is 5.97 Å². The number of carbonyl (C=O) groups is 2. The van der Waals surface area contributed by atoms with Gasteiger partial charge in [-0.05, 0) is 58.7 Å². The average molecular weight is 362 g/mol. The molecule has 0 aromatic carbocycles. The van der Waals surface area contributed by atoms with Crippen LogP contribution in [0.1, 0.15) is 62.8 Å². The Morgan fingerprint density at radius 2 is 2.12 bits per heavy atom. The van der Waals surface area contributed by atoms with E-state index in [9.17, 15) is 9.59 Å². The lowest BCUT2D eigenvalue weighted by Crippen LogP contribution is -2.55. The van der Waals surface area contributed by atoms with E-state index >= 15 is 0 Å². The predicted octanol–water partition coefficient (Wildman–Crippen LogP) is 3.07. The third-order valence-electron chi connectivity index (χ3n) is 5.58. The fraction of sp³-hybridized carbons (Fsp3) is 0.700. The minimum atomic E-state index is -0.410. The third-order valence-corrected chi connectivity index (χ3v) is 5.58. The molecule has 2 aliphatic rings. The summed E-state index contributed by atoms with van der Waals surface area (Å²) in [4.78, 5) is 28.4. The van der Waals surface area contributed by atoms with Gasteiger partial charge in [0.1, 0.15) is 5.76 Å². The molecule has 0 radical (unpaired) electrons. The van der Waals surface area contributed by atoms with E-state index in [4.69, 9.17) is 9.15 Å². The van der Waals surface area contributed by atoms with E-state index in [1.165, 1.54) is 6.42 Å². The first-order valence-electron chi connectivity index (χ1n) is 9.70. The van der Waals surface area contributed by atoms with Gasteiger partial charge in [-0.15, -0.1) is 0 Å². The number of piperidine rings is 2. The molecular formula is C20H30N2O4. The Labute approximate surface area is 155 Å². The normalized spacial score (nSPS) is 24.5. The van der Waals surface area contributed by atoms with Crippen molar-refractivity contribution in [3.63, 3.8) is 0 Å². The number of nitrogens with zero attached hydrogens (tertiary/aromatic N) is 2. The molecule has 1 spiro atoms. The number of likely N-dealkylation sites (tertiary alicyclic amines) is 2. The maximum atomic E-state index is 12.2. The molecule has 1 amide bonds. The summed E-state index contributed by atoms with van der Waals surface area (Å²) in [6, 6.07) is 3.80. The van der Waals surface area contributed by atoms with Crippen molar-refractivity contribution in [2.75, 3.05) is 26.2 Å². The first-order valence-corrected chi connectivity index (χ1v) is 9.70. The summed E-state index contributed by atoms with van der Waals surface area (Å²) in [5.41, 5.74) is 0.187.